The van der Waals surface area contributed by atoms with Gasteiger partial charge in [-0.05, 0) is 24.3 Å². The minimum atomic E-state index is 1.69. The second kappa shape index (κ2) is 6.72. The molecular weight excluding hydrogens is 164 g/mol. The largest absolute Gasteiger partial charge is 0.309 e. The molecule has 0 unspecified atom stereocenters. The molecule has 0 atom stereocenters. The molecule has 2 heterocycles. The molecule has 2 aliphatic rings. The van der Waals surface area contributed by atoms with Crippen LogP contribution in [0.3, 0.4) is 0 Å². The number of allylic oxidation sites excluding steroid dienone is 5. The third-order valence-corrected chi connectivity index (χ3v) is 1.18. The van der Waals surface area contributed by atoms with E-state index in [4.69, 9.17) is 0 Å². The van der Waals surface area contributed by atoms with E-state index in [1.54, 1.807) is 12.4 Å². The normalized spacial score (nSPS) is 16.0. The quantitative estimate of drug-likeness (QED) is 0.511. The van der Waals surface area contributed by atoms with Crippen molar-refractivity contribution in [1.29, 1.82) is 0 Å². The lowest BCUT2D eigenvalue weighted by Gasteiger charge is -1.99. The van der Waals surface area contributed by atoms with Crippen molar-refractivity contribution in [2.75, 3.05) is 0 Å². The summed E-state index contributed by atoms with van der Waals surface area (Å²) in [6.45, 7) is 0. The van der Waals surface area contributed by atoms with Gasteiger partial charge >= 0.3 is 0 Å². The van der Waals surface area contributed by atoms with Gasteiger partial charge in [0.05, 0.1) is 0 Å². The molecule has 0 spiro atoms. The molecule has 0 aliphatic carbocycles. The van der Waals surface area contributed by atoms with E-state index in [9.17, 15) is 0 Å². The monoisotopic (exact) mass is 176 g/mol. The summed E-state index contributed by atoms with van der Waals surface area (Å²) in [6, 6.07) is 0. The summed E-state index contributed by atoms with van der Waals surface area (Å²) < 4.78 is 0. The molecule has 3 N–H and O–H groups in total. The molecule has 0 saturated heterocycles. The van der Waals surface area contributed by atoms with Crippen LogP contribution in [-0.2, 0) is 0 Å². The Morgan fingerprint density at radius 2 is 1.38 bits per heavy atom. The molecule has 0 bridgehead atoms. The van der Waals surface area contributed by atoms with E-state index in [0.29, 0.717) is 0 Å². The predicted octanol–water partition coefficient (Wildman–Crippen LogP) is 0.767. The number of hydrazine groups is 1. The molecule has 68 valence electrons. The zero-order valence-electron chi connectivity index (χ0n) is 7.14. The highest BCUT2D eigenvalue weighted by Crippen LogP contribution is 1.76. The maximum atomic E-state index is 3.72. The first-order valence-electron chi connectivity index (χ1n) is 3.93. The van der Waals surface area contributed by atoms with E-state index < -0.39 is 0 Å². The molecule has 13 heavy (non-hydrogen) atoms. The highest BCUT2D eigenvalue weighted by atomic mass is 15.3. The van der Waals surface area contributed by atoms with Crippen LogP contribution in [0.15, 0.2) is 54.1 Å². The maximum Gasteiger partial charge on any atom is 0.0472 e. The number of rotatable bonds is 0. The molecule has 2 aliphatic heterocycles. The molecular formula is C9H12N4. The number of nitrogens with one attached hydrogen (secondary N) is 3. The maximum absolute atomic E-state index is 3.72. The number of hydrogen-bond acceptors (Lipinski definition) is 4. The Bertz CT molecular complexity index is 235. The summed E-state index contributed by atoms with van der Waals surface area (Å²) in [5.41, 5.74) is 8.21. The lowest BCUT2D eigenvalue weighted by molar-refractivity contribution is 0.767. The van der Waals surface area contributed by atoms with Gasteiger partial charge in [0, 0.05) is 24.8 Å². The third kappa shape index (κ3) is 5.32. The summed E-state index contributed by atoms with van der Waals surface area (Å²) in [7, 11) is 0. The first-order chi connectivity index (χ1) is 6.50. The van der Waals surface area contributed by atoms with E-state index in [-0.39, 0.29) is 0 Å². The van der Waals surface area contributed by atoms with Crippen molar-refractivity contribution in [3.63, 3.8) is 0 Å². The predicted molar refractivity (Wildman–Crippen MR) is 54.5 cm³/mol. The van der Waals surface area contributed by atoms with Crippen LogP contribution in [-0.4, -0.2) is 6.21 Å². The van der Waals surface area contributed by atoms with Crippen molar-refractivity contribution in [3.05, 3.63) is 49.0 Å². The van der Waals surface area contributed by atoms with Gasteiger partial charge in [-0.1, -0.05) is 6.08 Å². The third-order valence-electron chi connectivity index (χ3n) is 1.18. The van der Waals surface area contributed by atoms with E-state index in [1.165, 1.54) is 0 Å². The standard InChI is InChI=1S/C5H6N2.C4H6N2/c1-2-4-6-7-5-3-1;1-2-4-6-5-3-1/h1-6H;1-6H. The molecule has 0 aromatic heterocycles. The lowest BCUT2D eigenvalue weighted by atomic mass is 10.5. The fraction of sp³-hybridized carbons (Fsp3) is 0. The van der Waals surface area contributed by atoms with Crippen molar-refractivity contribution >= 4 is 6.21 Å². The van der Waals surface area contributed by atoms with Gasteiger partial charge in [-0.25, -0.2) is 0 Å². The number of hydrogen-bond donors (Lipinski definition) is 3. The first-order valence-corrected chi connectivity index (χ1v) is 3.93. The number of nitrogens with zero attached hydrogens (tertiary/aromatic N) is 1. The molecule has 0 saturated carbocycles. The van der Waals surface area contributed by atoms with Crippen LogP contribution >= 0.6 is 0 Å². The Labute approximate surface area is 77.4 Å². The topological polar surface area (TPSA) is 48.5 Å². The van der Waals surface area contributed by atoms with Crippen LogP contribution in [0, 0.1) is 0 Å². The van der Waals surface area contributed by atoms with Gasteiger partial charge in [0.1, 0.15) is 0 Å². The molecule has 4 heteroatoms. The number of hydrazone groups is 1. The summed E-state index contributed by atoms with van der Waals surface area (Å²) in [4.78, 5) is 0. The summed E-state index contributed by atoms with van der Waals surface area (Å²) >= 11 is 0. The Balaban J connectivity index is 0.000000132. The molecule has 0 aromatic rings. The molecule has 0 radical (unpaired) electrons. The van der Waals surface area contributed by atoms with E-state index >= 15 is 0 Å². The van der Waals surface area contributed by atoms with Crippen molar-refractivity contribution in [1.82, 2.24) is 16.3 Å². The average molecular weight is 176 g/mol. The highest BCUT2D eigenvalue weighted by molar-refractivity contribution is 5.71. The van der Waals surface area contributed by atoms with Crippen LogP contribution in [0.5, 0.6) is 0 Å². The molecule has 2 rings (SSSR count). The van der Waals surface area contributed by atoms with E-state index in [0.717, 1.165) is 0 Å². The SMILES string of the molecule is C1=CC=NNC=C1.C1=CNNC=C1. The molecule has 0 amide bonds. The van der Waals surface area contributed by atoms with Crippen LogP contribution in [0.4, 0.5) is 0 Å². The van der Waals surface area contributed by atoms with Gasteiger partial charge in [-0.2, -0.15) is 5.10 Å². The van der Waals surface area contributed by atoms with Gasteiger partial charge in [0.15, 0.2) is 0 Å². The Morgan fingerprint density at radius 3 is 2.00 bits per heavy atom. The molecule has 0 aromatic carbocycles. The van der Waals surface area contributed by atoms with Crippen molar-refractivity contribution < 1.29 is 0 Å². The summed E-state index contributed by atoms with van der Waals surface area (Å²) in [5, 5.41) is 3.72. The smallest absolute Gasteiger partial charge is 0.0472 e. The Kier molecular flexibility index (Phi) is 4.72. The Morgan fingerprint density at radius 1 is 0.692 bits per heavy atom. The second-order valence-corrected chi connectivity index (χ2v) is 2.16. The van der Waals surface area contributed by atoms with Crippen molar-refractivity contribution in [3.8, 4) is 0 Å². The highest BCUT2D eigenvalue weighted by Gasteiger charge is 1.70. The first kappa shape index (κ1) is 9.12. The van der Waals surface area contributed by atoms with Crippen molar-refractivity contribution in [2.45, 2.75) is 0 Å². The minimum Gasteiger partial charge on any atom is -0.309 e. The zero-order valence-corrected chi connectivity index (χ0v) is 7.14. The lowest BCUT2D eigenvalue weighted by Crippen LogP contribution is -2.21. The van der Waals surface area contributed by atoms with Gasteiger partial charge < -0.3 is 10.9 Å². The van der Waals surface area contributed by atoms with Crippen LogP contribution in [0.25, 0.3) is 0 Å². The van der Waals surface area contributed by atoms with Gasteiger partial charge in [-0.15, -0.1) is 0 Å². The van der Waals surface area contributed by atoms with Crippen LogP contribution in [0.2, 0.25) is 0 Å². The van der Waals surface area contributed by atoms with Crippen LogP contribution in [0.1, 0.15) is 0 Å². The Hall–Kier alpha value is -1.97. The summed E-state index contributed by atoms with van der Waals surface area (Å²) in [5.74, 6) is 0. The molecule has 0 fully saturated rings. The minimum absolute atomic E-state index is 1.69. The fourth-order valence-corrected chi connectivity index (χ4v) is 0.645. The second-order valence-electron chi connectivity index (χ2n) is 2.16. The van der Waals surface area contributed by atoms with Gasteiger partial charge in [0.25, 0.3) is 0 Å². The zero-order chi connectivity index (χ0) is 9.19. The van der Waals surface area contributed by atoms with Gasteiger partial charge in [0.2, 0.25) is 0 Å². The van der Waals surface area contributed by atoms with E-state index in [2.05, 4.69) is 21.4 Å². The van der Waals surface area contributed by atoms with E-state index in [1.807, 2.05) is 42.8 Å². The fourth-order valence-electron chi connectivity index (χ4n) is 0.645. The van der Waals surface area contributed by atoms with Crippen molar-refractivity contribution in [2.24, 2.45) is 5.10 Å². The average Bonchev–Trinajstić information content (AvgIpc) is 2.53. The molecule has 4 nitrogen and oxygen atoms in total. The summed E-state index contributed by atoms with van der Waals surface area (Å²) in [6.07, 6.45) is 16.6. The van der Waals surface area contributed by atoms with Crippen LogP contribution < -0.4 is 16.3 Å². The van der Waals surface area contributed by atoms with Gasteiger partial charge in [-0.3, -0.25) is 5.43 Å².